The third-order valence-electron chi connectivity index (χ3n) is 2.63. The molecule has 0 aliphatic carbocycles. The van der Waals surface area contributed by atoms with Gasteiger partial charge >= 0.3 is 0 Å². The second kappa shape index (κ2) is 6.11. The lowest BCUT2D eigenvalue weighted by Gasteiger charge is -2.06. The van der Waals surface area contributed by atoms with Crippen LogP contribution in [0.4, 0.5) is 11.4 Å². The zero-order chi connectivity index (χ0) is 13.7. The Hall–Kier alpha value is -2.20. The van der Waals surface area contributed by atoms with E-state index in [2.05, 4.69) is 10.2 Å². The first-order valence-electron chi connectivity index (χ1n) is 6.19. The summed E-state index contributed by atoms with van der Waals surface area (Å²) in [6.45, 7) is 1.94. The maximum atomic E-state index is 9.76. The summed E-state index contributed by atoms with van der Waals surface area (Å²) < 4.78 is 0. The summed E-state index contributed by atoms with van der Waals surface area (Å²) in [5.41, 5.74) is 8.01. The number of hydrogen-bond acceptors (Lipinski definition) is 4. The summed E-state index contributed by atoms with van der Waals surface area (Å²) in [7, 11) is 0. The maximum Gasteiger partial charge on any atom is 0.143 e. The van der Waals surface area contributed by atoms with Gasteiger partial charge in [-0.05, 0) is 43.2 Å². The molecule has 1 unspecified atom stereocenters. The zero-order valence-electron chi connectivity index (χ0n) is 10.8. The third kappa shape index (κ3) is 3.89. The molecule has 0 aliphatic heterocycles. The van der Waals surface area contributed by atoms with Crippen molar-refractivity contribution in [2.75, 3.05) is 0 Å². The molecule has 4 heteroatoms. The van der Waals surface area contributed by atoms with E-state index in [0.717, 1.165) is 17.7 Å². The Bertz CT molecular complexity index is 565. The molecule has 0 fully saturated rings. The SMILES string of the molecule is CC(N)Cc1ccc(O)c(N=Nc2ccccc2)c1. The van der Waals surface area contributed by atoms with Gasteiger partial charge in [-0.1, -0.05) is 24.3 Å². The number of benzene rings is 2. The zero-order valence-corrected chi connectivity index (χ0v) is 10.8. The van der Waals surface area contributed by atoms with E-state index in [1.54, 1.807) is 6.07 Å². The van der Waals surface area contributed by atoms with Gasteiger partial charge in [0.15, 0.2) is 0 Å². The second-order valence-corrected chi connectivity index (χ2v) is 4.54. The summed E-state index contributed by atoms with van der Waals surface area (Å²) in [5, 5.41) is 17.9. The molecule has 2 rings (SSSR count). The molecule has 0 saturated heterocycles. The van der Waals surface area contributed by atoms with Crippen LogP contribution < -0.4 is 5.73 Å². The second-order valence-electron chi connectivity index (χ2n) is 4.54. The molecular formula is C15H17N3O. The average Bonchev–Trinajstić information content (AvgIpc) is 2.40. The summed E-state index contributed by atoms with van der Waals surface area (Å²) in [5.74, 6) is 0.119. The third-order valence-corrected chi connectivity index (χ3v) is 2.63. The van der Waals surface area contributed by atoms with Gasteiger partial charge in [-0.2, -0.15) is 5.11 Å². The highest BCUT2D eigenvalue weighted by atomic mass is 16.3. The van der Waals surface area contributed by atoms with Gasteiger partial charge in [-0.25, -0.2) is 0 Å². The Morgan fingerprint density at radius 2 is 1.84 bits per heavy atom. The number of hydrogen-bond donors (Lipinski definition) is 2. The van der Waals surface area contributed by atoms with Crippen LogP contribution >= 0.6 is 0 Å². The average molecular weight is 255 g/mol. The highest BCUT2D eigenvalue weighted by Gasteiger charge is 2.04. The standard InChI is InChI=1S/C15H17N3O/c1-11(16)9-12-7-8-15(19)14(10-12)18-17-13-5-3-2-4-6-13/h2-8,10-11,19H,9,16H2,1H3. The molecule has 4 nitrogen and oxygen atoms in total. The molecule has 0 spiro atoms. The maximum absolute atomic E-state index is 9.76. The van der Waals surface area contributed by atoms with Gasteiger partial charge in [-0.3, -0.25) is 0 Å². The molecule has 19 heavy (non-hydrogen) atoms. The largest absolute Gasteiger partial charge is 0.506 e. The van der Waals surface area contributed by atoms with Gasteiger partial charge in [0.25, 0.3) is 0 Å². The van der Waals surface area contributed by atoms with Gasteiger partial charge in [0.05, 0.1) is 5.69 Å². The summed E-state index contributed by atoms with van der Waals surface area (Å²) in [6, 6.07) is 14.8. The van der Waals surface area contributed by atoms with Crippen molar-refractivity contribution in [3.05, 3.63) is 54.1 Å². The first-order chi connectivity index (χ1) is 9.15. The number of nitrogens with two attached hydrogens (primary N) is 1. The van der Waals surface area contributed by atoms with Crippen LogP contribution in [-0.4, -0.2) is 11.1 Å². The number of phenols is 1. The minimum atomic E-state index is 0.0726. The highest BCUT2D eigenvalue weighted by molar-refractivity contribution is 5.53. The lowest BCUT2D eigenvalue weighted by atomic mass is 10.1. The van der Waals surface area contributed by atoms with Crippen molar-refractivity contribution in [1.82, 2.24) is 0 Å². The van der Waals surface area contributed by atoms with Crippen molar-refractivity contribution in [2.24, 2.45) is 16.0 Å². The van der Waals surface area contributed by atoms with Gasteiger partial charge in [0, 0.05) is 6.04 Å². The van der Waals surface area contributed by atoms with E-state index in [1.807, 2.05) is 49.4 Å². The first-order valence-corrected chi connectivity index (χ1v) is 6.19. The van der Waals surface area contributed by atoms with Gasteiger partial charge in [0.1, 0.15) is 11.4 Å². The fourth-order valence-electron chi connectivity index (χ4n) is 1.75. The number of rotatable bonds is 4. The van der Waals surface area contributed by atoms with Crippen LogP contribution in [0.5, 0.6) is 5.75 Å². The van der Waals surface area contributed by atoms with Crippen molar-refractivity contribution in [2.45, 2.75) is 19.4 Å². The minimum Gasteiger partial charge on any atom is -0.506 e. The van der Waals surface area contributed by atoms with E-state index in [0.29, 0.717) is 5.69 Å². The van der Waals surface area contributed by atoms with Crippen molar-refractivity contribution in [3.8, 4) is 5.75 Å². The smallest absolute Gasteiger partial charge is 0.143 e. The fraction of sp³-hybridized carbons (Fsp3) is 0.200. The number of nitrogens with zero attached hydrogens (tertiary/aromatic N) is 2. The molecule has 2 aromatic rings. The van der Waals surface area contributed by atoms with Crippen LogP contribution in [0.2, 0.25) is 0 Å². The van der Waals surface area contributed by atoms with Crippen LogP contribution in [0.25, 0.3) is 0 Å². The minimum absolute atomic E-state index is 0.0726. The molecule has 0 amide bonds. The van der Waals surface area contributed by atoms with E-state index in [-0.39, 0.29) is 11.8 Å². The molecule has 0 saturated carbocycles. The Morgan fingerprint density at radius 3 is 2.53 bits per heavy atom. The van der Waals surface area contributed by atoms with E-state index in [1.165, 1.54) is 0 Å². The molecule has 0 heterocycles. The highest BCUT2D eigenvalue weighted by Crippen LogP contribution is 2.29. The molecule has 2 aromatic carbocycles. The Balaban J connectivity index is 2.22. The molecule has 1 atom stereocenters. The Kier molecular flexibility index (Phi) is 4.26. The Morgan fingerprint density at radius 1 is 1.11 bits per heavy atom. The fourth-order valence-corrected chi connectivity index (χ4v) is 1.75. The molecule has 0 aromatic heterocycles. The van der Waals surface area contributed by atoms with Crippen LogP contribution in [0.3, 0.4) is 0 Å². The van der Waals surface area contributed by atoms with Crippen LogP contribution in [0.15, 0.2) is 58.8 Å². The summed E-state index contributed by atoms with van der Waals surface area (Å²) in [4.78, 5) is 0. The number of azo groups is 1. The van der Waals surface area contributed by atoms with Crippen molar-refractivity contribution in [3.63, 3.8) is 0 Å². The van der Waals surface area contributed by atoms with Crippen molar-refractivity contribution >= 4 is 11.4 Å². The van der Waals surface area contributed by atoms with E-state index in [9.17, 15) is 5.11 Å². The first kappa shape index (κ1) is 13.2. The molecule has 0 radical (unpaired) electrons. The lowest BCUT2D eigenvalue weighted by molar-refractivity contribution is 0.476. The lowest BCUT2D eigenvalue weighted by Crippen LogP contribution is -2.17. The Labute approximate surface area is 112 Å². The van der Waals surface area contributed by atoms with E-state index >= 15 is 0 Å². The summed E-state index contributed by atoms with van der Waals surface area (Å²) in [6.07, 6.45) is 0.744. The topological polar surface area (TPSA) is 71.0 Å². The normalized spacial score (nSPS) is 12.7. The molecule has 0 aliphatic rings. The monoisotopic (exact) mass is 255 g/mol. The van der Waals surface area contributed by atoms with Crippen molar-refractivity contribution < 1.29 is 5.11 Å². The van der Waals surface area contributed by atoms with Gasteiger partial charge < -0.3 is 10.8 Å². The molecule has 98 valence electrons. The number of aromatic hydroxyl groups is 1. The van der Waals surface area contributed by atoms with Gasteiger partial charge in [-0.15, -0.1) is 5.11 Å². The summed E-state index contributed by atoms with van der Waals surface area (Å²) >= 11 is 0. The molecular weight excluding hydrogens is 238 g/mol. The predicted molar refractivity (Wildman–Crippen MR) is 76.1 cm³/mol. The molecule has 3 N–H and O–H groups in total. The van der Waals surface area contributed by atoms with E-state index in [4.69, 9.17) is 5.73 Å². The molecule has 0 bridgehead atoms. The van der Waals surface area contributed by atoms with Crippen LogP contribution in [0.1, 0.15) is 12.5 Å². The van der Waals surface area contributed by atoms with Crippen LogP contribution in [-0.2, 0) is 6.42 Å². The van der Waals surface area contributed by atoms with Crippen LogP contribution in [0, 0.1) is 0 Å². The van der Waals surface area contributed by atoms with E-state index < -0.39 is 0 Å². The quantitative estimate of drug-likeness (QED) is 0.818. The predicted octanol–water partition coefficient (Wildman–Crippen LogP) is 3.70. The van der Waals surface area contributed by atoms with Gasteiger partial charge in [0.2, 0.25) is 0 Å². The van der Waals surface area contributed by atoms with Crippen molar-refractivity contribution in [1.29, 1.82) is 0 Å². The number of phenolic OH excluding ortho intramolecular Hbond substituents is 1.